The van der Waals surface area contributed by atoms with Gasteiger partial charge in [-0.2, -0.15) is 0 Å². The monoisotopic (exact) mass is 340 g/mol. The zero-order chi connectivity index (χ0) is 16.4. The number of nitrogens with zero attached hydrogens (tertiary/aromatic N) is 3. The zero-order valence-electron chi connectivity index (χ0n) is 12.4. The molecule has 0 aliphatic carbocycles. The van der Waals surface area contributed by atoms with Gasteiger partial charge in [0.25, 0.3) is 5.89 Å². The molecule has 0 radical (unpaired) electrons. The number of carbonyl (C=O) groups is 1. The lowest BCUT2D eigenvalue weighted by atomic mass is 9.97. The van der Waals surface area contributed by atoms with Crippen LogP contribution in [-0.4, -0.2) is 48.2 Å². The van der Waals surface area contributed by atoms with Gasteiger partial charge in [-0.25, -0.2) is 12.7 Å². The van der Waals surface area contributed by atoms with E-state index in [9.17, 15) is 13.2 Å². The van der Waals surface area contributed by atoms with Gasteiger partial charge in [0.05, 0.1) is 12.5 Å². The molecular formula is C13H16N4O5S. The molecule has 1 saturated heterocycles. The Bertz CT molecular complexity index is 775. The number of amides is 1. The minimum atomic E-state index is -3.21. The molecule has 23 heavy (non-hydrogen) atoms. The van der Waals surface area contributed by atoms with E-state index in [0.29, 0.717) is 31.7 Å². The lowest BCUT2D eigenvalue weighted by molar-refractivity contribution is -0.121. The molecule has 10 heteroatoms. The molecule has 0 bridgehead atoms. The number of sulfonamides is 1. The summed E-state index contributed by atoms with van der Waals surface area (Å²) in [7, 11) is -3.21. The molecule has 2 aromatic heterocycles. The molecular weight excluding hydrogens is 324 g/mol. The second-order valence-corrected chi connectivity index (χ2v) is 7.30. The topological polar surface area (TPSA) is 119 Å². The average Bonchev–Trinajstić information content (AvgIpc) is 3.17. The number of carbonyl (C=O) groups excluding carboxylic acids is 1. The van der Waals surface area contributed by atoms with Crippen molar-refractivity contribution in [1.82, 2.24) is 14.5 Å². The van der Waals surface area contributed by atoms with Gasteiger partial charge < -0.3 is 8.83 Å². The van der Waals surface area contributed by atoms with Crippen molar-refractivity contribution in [3.8, 4) is 11.7 Å². The summed E-state index contributed by atoms with van der Waals surface area (Å²) in [5.74, 6) is 0.0522. The van der Waals surface area contributed by atoms with Crippen molar-refractivity contribution in [2.75, 3.05) is 24.7 Å². The summed E-state index contributed by atoms with van der Waals surface area (Å²) in [6, 6.07) is 3.35. The molecule has 3 rings (SSSR count). The van der Waals surface area contributed by atoms with Crippen LogP contribution in [0.25, 0.3) is 11.7 Å². The fraction of sp³-hybridized carbons (Fsp3) is 0.462. The van der Waals surface area contributed by atoms with Gasteiger partial charge in [0.1, 0.15) is 0 Å². The summed E-state index contributed by atoms with van der Waals surface area (Å²) in [5, 5.41) is 10.1. The number of furan rings is 1. The largest absolute Gasteiger partial charge is 0.459 e. The number of hydrogen-bond donors (Lipinski definition) is 1. The number of piperidine rings is 1. The molecule has 1 aliphatic heterocycles. The highest BCUT2D eigenvalue weighted by molar-refractivity contribution is 7.88. The van der Waals surface area contributed by atoms with E-state index in [1.165, 1.54) is 16.8 Å². The third-order valence-corrected chi connectivity index (χ3v) is 4.98. The molecule has 1 fully saturated rings. The lowest BCUT2D eigenvalue weighted by Crippen LogP contribution is -2.40. The van der Waals surface area contributed by atoms with E-state index in [-0.39, 0.29) is 23.7 Å². The Hall–Kier alpha value is -2.20. The number of aromatic nitrogens is 2. The van der Waals surface area contributed by atoms with Gasteiger partial charge in [-0.1, -0.05) is 5.10 Å². The molecule has 2 aromatic rings. The first-order valence-electron chi connectivity index (χ1n) is 7.07. The van der Waals surface area contributed by atoms with Crippen LogP contribution in [0.1, 0.15) is 12.8 Å². The SMILES string of the molecule is CS(=O)(=O)N1CCC(C(=O)Nc2nnc(-c3ccco3)o2)CC1. The fourth-order valence-corrected chi connectivity index (χ4v) is 3.30. The fourth-order valence-electron chi connectivity index (χ4n) is 2.43. The van der Waals surface area contributed by atoms with Crippen molar-refractivity contribution < 1.29 is 22.0 Å². The molecule has 124 valence electrons. The maximum Gasteiger partial charge on any atom is 0.322 e. The molecule has 0 unspecified atom stereocenters. The highest BCUT2D eigenvalue weighted by atomic mass is 32.2. The Morgan fingerprint density at radius 1 is 1.35 bits per heavy atom. The molecule has 0 spiro atoms. The predicted octanol–water partition coefficient (Wildman–Crippen LogP) is 0.940. The second kappa shape index (κ2) is 6.13. The molecule has 9 nitrogen and oxygen atoms in total. The second-order valence-electron chi connectivity index (χ2n) is 5.32. The van der Waals surface area contributed by atoms with Crippen molar-refractivity contribution in [2.45, 2.75) is 12.8 Å². The normalized spacial score (nSPS) is 17.3. The Morgan fingerprint density at radius 3 is 2.70 bits per heavy atom. The Kier molecular flexibility index (Phi) is 4.18. The third kappa shape index (κ3) is 3.59. The Morgan fingerprint density at radius 2 is 2.09 bits per heavy atom. The number of nitrogens with one attached hydrogen (secondary N) is 1. The van der Waals surface area contributed by atoms with E-state index in [1.807, 2.05) is 0 Å². The van der Waals surface area contributed by atoms with Gasteiger partial charge in [-0.3, -0.25) is 10.1 Å². The van der Waals surface area contributed by atoms with Gasteiger partial charge in [-0.15, -0.1) is 5.10 Å². The molecule has 0 saturated carbocycles. The molecule has 0 atom stereocenters. The standard InChI is InChI=1S/C13H16N4O5S/c1-23(19,20)17-6-4-9(5-7-17)11(18)14-13-16-15-12(22-13)10-3-2-8-21-10/h2-3,8-9H,4-7H2,1H3,(H,14,16,18). The van der Waals surface area contributed by atoms with Gasteiger partial charge in [-0.05, 0) is 25.0 Å². The van der Waals surface area contributed by atoms with Crippen LogP contribution < -0.4 is 5.32 Å². The quantitative estimate of drug-likeness (QED) is 0.879. The van der Waals surface area contributed by atoms with Crippen LogP contribution in [0, 0.1) is 5.92 Å². The van der Waals surface area contributed by atoms with Gasteiger partial charge in [0.2, 0.25) is 15.9 Å². The van der Waals surface area contributed by atoms with Crippen molar-refractivity contribution in [2.24, 2.45) is 5.92 Å². The van der Waals surface area contributed by atoms with E-state index in [1.54, 1.807) is 12.1 Å². The van der Waals surface area contributed by atoms with Crippen molar-refractivity contribution in [3.05, 3.63) is 18.4 Å². The maximum atomic E-state index is 12.2. The van der Waals surface area contributed by atoms with Crippen molar-refractivity contribution >= 4 is 21.9 Å². The smallest absolute Gasteiger partial charge is 0.322 e. The van der Waals surface area contributed by atoms with Crippen LogP contribution in [0.3, 0.4) is 0 Å². The number of hydrogen-bond acceptors (Lipinski definition) is 7. The van der Waals surface area contributed by atoms with Crippen LogP contribution >= 0.6 is 0 Å². The van der Waals surface area contributed by atoms with E-state index >= 15 is 0 Å². The number of rotatable bonds is 4. The van der Waals surface area contributed by atoms with Crippen LogP contribution in [0.4, 0.5) is 6.01 Å². The third-order valence-electron chi connectivity index (χ3n) is 3.68. The van der Waals surface area contributed by atoms with E-state index < -0.39 is 10.0 Å². The summed E-state index contributed by atoms with van der Waals surface area (Å²) in [5.41, 5.74) is 0. The maximum absolute atomic E-state index is 12.2. The van der Waals surface area contributed by atoms with E-state index in [4.69, 9.17) is 8.83 Å². The number of anilines is 1. The van der Waals surface area contributed by atoms with E-state index in [2.05, 4.69) is 15.5 Å². The summed E-state index contributed by atoms with van der Waals surface area (Å²) < 4.78 is 34.7. The van der Waals surface area contributed by atoms with Crippen LogP contribution in [0.5, 0.6) is 0 Å². The summed E-state index contributed by atoms with van der Waals surface area (Å²) >= 11 is 0. The summed E-state index contributed by atoms with van der Waals surface area (Å²) in [6.45, 7) is 0.663. The minimum absolute atomic E-state index is 0.00746. The van der Waals surface area contributed by atoms with Crippen molar-refractivity contribution in [3.63, 3.8) is 0 Å². The molecule has 1 aliphatic rings. The van der Waals surface area contributed by atoms with Gasteiger partial charge in [0.15, 0.2) is 5.76 Å². The summed E-state index contributed by atoms with van der Waals surface area (Å²) in [4.78, 5) is 12.2. The van der Waals surface area contributed by atoms with Crippen molar-refractivity contribution in [1.29, 1.82) is 0 Å². The van der Waals surface area contributed by atoms with Crippen LogP contribution in [-0.2, 0) is 14.8 Å². The molecule has 1 amide bonds. The highest BCUT2D eigenvalue weighted by Gasteiger charge is 2.29. The molecule has 3 heterocycles. The Balaban J connectivity index is 1.58. The molecule has 0 aromatic carbocycles. The first-order chi connectivity index (χ1) is 10.9. The van der Waals surface area contributed by atoms with E-state index in [0.717, 1.165) is 0 Å². The lowest BCUT2D eigenvalue weighted by Gasteiger charge is -2.28. The Labute approximate surface area is 132 Å². The minimum Gasteiger partial charge on any atom is -0.459 e. The summed E-state index contributed by atoms with van der Waals surface area (Å²) in [6.07, 6.45) is 3.56. The average molecular weight is 340 g/mol. The highest BCUT2D eigenvalue weighted by Crippen LogP contribution is 2.23. The van der Waals surface area contributed by atoms with Crippen LogP contribution in [0.15, 0.2) is 27.2 Å². The zero-order valence-corrected chi connectivity index (χ0v) is 13.2. The molecule has 1 N–H and O–H groups in total. The first-order valence-corrected chi connectivity index (χ1v) is 8.91. The first kappa shape index (κ1) is 15.7. The van der Waals surface area contributed by atoms with Gasteiger partial charge >= 0.3 is 6.01 Å². The van der Waals surface area contributed by atoms with Crippen LogP contribution in [0.2, 0.25) is 0 Å². The predicted molar refractivity (Wildman–Crippen MR) is 79.8 cm³/mol. The van der Waals surface area contributed by atoms with Gasteiger partial charge in [0, 0.05) is 19.0 Å².